The Labute approximate surface area is 174 Å². The van der Waals surface area contributed by atoms with Crippen LogP contribution >= 0.6 is 0 Å². The van der Waals surface area contributed by atoms with Crippen LogP contribution in [0.5, 0.6) is 0 Å². The van der Waals surface area contributed by atoms with Crippen molar-refractivity contribution in [1.29, 1.82) is 0 Å². The SMILES string of the molecule is CC(C)[C@@H](NC(=O)CCC(=O)N1CCN(S(=O)(=O)c2ccc(F)cc2)CC1)C(=O)O. The number of carbonyl (C=O) groups is 3. The molecule has 0 aliphatic carbocycles. The number of nitrogens with one attached hydrogen (secondary N) is 1. The zero-order valence-corrected chi connectivity index (χ0v) is 17.7. The Morgan fingerprint density at radius 1 is 1.07 bits per heavy atom. The Balaban J connectivity index is 1.84. The molecule has 1 saturated heterocycles. The van der Waals surface area contributed by atoms with E-state index in [2.05, 4.69) is 5.32 Å². The van der Waals surface area contributed by atoms with Gasteiger partial charge in [0.15, 0.2) is 0 Å². The quantitative estimate of drug-likeness (QED) is 0.608. The van der Waals surface area contributed by atoms with Crippen molar-refractivity contribution in [2.45, 2.75) is 37.6 Å². The van der Waals surface area contributed by atoms with Gasteiger partial charge in [0.25, 0.3) is 0 Å². The van der Waals surface area contributed by atoms with E-state index in [4.69, 9.17) is 5.11 Å². The molecular weight excluding hydrogens is 417 g/mol. The Morgan fingerprint density at radius 2 is 1.63 bits per heavy atom. The Bertz CT molecular complexity index is 880. The van der Waals surface area contributed by atoms with Crippen LogP contribution in [0.3, 0.4) is 0 Å². The molecule has 2 N–H and O–H groups in total. The molecule has 30 heavy (non-hydrogen) atoms. The van der Waals surface area contributed by atoms with Crippen LogP contribution in [0, 0.1) is 11.7 Å². The molecule has 9 nitrogen and oxygen atoms in total. The van der Waals surface area contributed by atoms with Crippen molar-refractivity contribution < 1.29 is 32.3 Å². The number of aliphatic carboxylic acids is 1. The summed E-state index contributed by atoms with van der Waals surface area (Å²) in [5.74, 6) is -2.79. The fraction of sp³-hybridized carbons (Fsp3) is 0.526. The van der Waals surface area contributed by atoms with Gasteiger partial charge in [0, 0.05) is 39.0 Å². The summed E-state index contributed by atoms with van der Waals surface area (Å²) >= 11 is 0. The number of halogens is 1. The minimum absolute atomic E-state index is 0.0153. The molecule has 11 heteroatoms. The summed E-state index contributed by atoms with van der Waals surface area (Å²) < 4.78 is 39.5. The predicted octanol–water partition coefficient (Wildman–Crippen LogP) is 0.664. The molecule has 1 aromatic rings. The van der Waals surface area contributed by atoms with Crippen LogP contribution in [-0.2, 0) is 24.4 Å². The fourth-order valence-electron chi connectivity index (χ4n) is 3.07. The largest absolute Gasteiger partial charge is 0.480 e. The average molecular weight is 443 g/mol. The van der Waals surface area contributed by atoms with Crippen LogP contribution in [0.1, 0.15) is 26.7 Å². The number of sulfonamides is 1. The van der Waals surface area contributed by atoms with Gasteiger partial charge < -0.3 is 15.3 Å². The molecule has 0 saturated carbocycles. The van der Waals surface area contributed by atoms with E-state index < -0.39 is 33.8 Å². The van der Waals surface area contributed by atoms with Gasteiger partial charge >= 0.3 is 5.97 Å². The molecular formula is C19H26FN3O6S. The zero-order valence-electron chi connectivity index (χ0n) is 16.9. The summed E-state index contributed by atoms with van der Waals surface area (Å²) in [7, 11) is -3.77. The molecule has 2 rings (SSSR count). The molecule has 0 spiro atoms. The van der Waals surface area contributed by atoms with Gasteiger partial charge in [-0.2, -0.15) is 4.31 Å². The van der Waals surface area contributed by atoms with Crippen molar-refractivity contribution in [2.24, 2.45) is 5.92 Å². The highest BCUT2D eigenvalue weighted by molar-refractivity contribution is 7.89. The first kappa shape index (κ1) is 23.7. The molecule has 1 aromatic carbocycles. The van der Waals surface area contributed by atoms with Crippen molar-refractivity contribution in [3.05, 3.63) is 30.1 Å². The van der Waals surface area contributed by atoms with E-state index in [0.29, 0.717) is 0 Å². The molecule has 2 amide bonds. The van der Waals surface area contributed by atoms with E-state index in [-0.39, 0.29) is 55.7 Å². The summed E-state index contributed by atoms with van der Waals surface area (Å²) in [5, 5.41) is 11.5. The monoisotopic (exact) mass is 443 g/mol. The first-order chi connectivity index (χ1) is 14.0. The lowest BCUT2D eigenvalue weighted by Crippen LogP contribution is -2.50. The maximum atomic E-state index is 13.0. The van der Waals surface area contributed by atoms with Gasteiger partial charge in [0.05, 0.1) is 4.90 Å². The lowest BCUT2D eigenvalue weighted by Gasteiger charge is -2.34. The van der Waals surface area contributed by atoms with Crippen molar-refractivity contribution in [2.75, 3.05) is 26.2 Å². The van der Waals surface area contributed by atoms with E-state index in [1.54, 1.807) is 13.8 Å². The molecule has 0 aromatic heterocycles. The molecule has 1 aliphatic heterocycles. The lowest BCUT2D eigenvalue weighted by molar-refractivity contribution is -0.143. The van der Waals surface area contributed by atoms with Gasteiger partial charge in [0.1, 0.15) is 11.9 Å². The molecule has 1 atom stereocenters. The number of benzene rings is 1. The van der Waals surface area contributed by atoms with Gasteiger partial charge in [-0.1, -0.05) is 13.8 Å². The molecule has 0 radical (unpaired) electrons. The number of carboxylic acids is 1. The number of rotatable bonds is 8. The summed E-state index contributed by atoms with van der Waals surface area (Å²) in [6.07, 6.45) is -0.246. The van der Waals surface area contributed by atoms with Crippen molar-refractivity contribution >= 4 is 27.8 Å². The van der Waals surface area contributed by atoms with Crippen LogP contribution in [0.15, 0.2) is 29.2 Å². The van der Waals surface area contributed by atoms with Crippen molar-refractivity contribution in [3.8, 4) is 0 Å². The summed E-state index contributed by atoms with van der Waals surface area (Å²) in [6.45, 7) is 3.86. The van der Waals surface area contributed by atoms with E-state index in [1.165, 1.54) is 21.3 Å². The minimum Gasteiger partial charge on any atom is -0.480 e. The molecule has 0 bridgehead atoms. The van der Waals surface area contributed by atoms with Gasteiger partial charge in [0.2, 0.25) is 21.8 Å². The van der Waals surface area contributed by atoms with Crippen LogP contribution in [0.4, 0.5) is 4.39 Å². The first-order valence-corrected chi connectivity index (χ1v) is 11.0. The lowest BCUT2D eigenvalue weighted by atomic mass is 10.0. The highest BCUT2D eigenvalue weighted by atomic mass is 32.2. The third kappa shape index (κ3) is 5.99. The number of hydrogen-bond donors (Lipinski definition) is 2. The third-order valence-electron chi connectivity index (χ3n) is 4.86. The van der Waals surface area contributed by atoms with E-state index in [9.17, 15) is 27.2 Å². The number of piperazine rings is 1. The Morgan fingerprint density at radius 3 is 2.13 bits per heavy atom. The topological polar surface area (TPSA) is 124 Å². The summed E-state index contributed by atoms with van der Waals surface area (Å²) in [4.78, 5) is 36.9. The molecule has 0 unspecified atom stereocenters. The number of hydrogen-bond acceptors (Lipinski definition) is 5. The van der Waals surface area contributed by atoms with E-state index >= 15 is 0 Å². The minimum atomic E-state index is -3.77. The van der Waals surface area contributed by atoms with Crippen LogP contribution in [0.2, 0.25) is 0 Å². The molecule has 166 valence electrons. The highest BCUT2D eigenvalue weighted by Gasteiger charge is 2.30. The second-order valence-electron chi connectivity index (χ2n) is 7.37. The predicted molar refractivity (Wildman–Crippen MR) is 105 cm³/mol. The van der Waals surface area contributed by atoms with Gasteiger partial charge in [-0.25, -0.2) is 17.6 Å². The number of nitrogens with zero attached hydrogens (tertiary/aromatic N) is 2. The number of amides is 2. The van der Waals surface area contributed by atoms with Crippen LogP contribution < -0.4 is 5.32 Å². The second-order valence-corrected chi connectivity index (χ2v) is 9.30. The van der Waals surface area contributed by atoms with Gasteiger partial charge in [-0.05, 0) is 30.2 Å². The normalized spacial score (nSPS) is 16.3. The molecule has 1 fully saturated rings. The molecule has 1 aliphatic rings. The standard InChI is InChI=1S/C19H26FN3O6S/c1-13(2)18(19(26)27)21-16(24)7-8-17(25)22-9-11-23(12-10-22)30(28,29)15-5-3-14(20)4-6-15/h3-6,13,18H,7-12H2,1-2H3,(H,21,24)(H,26,27)/t18-/m1/s1. The average Bonchev–Trinajstić information content (AvgIpc) is 2.70. The first-order valence-electron chi connectivity index (χ1n) is 9.58. The van der Waals surface area contributed by atoms with Gasteiger partial charge in [-0.3, -0.25) is 9.59 Å². The number of carboxylic acid groups (broad SMARTS) is 1. The Kier molecular flexibility index (Phi) is 7.90. The summed E-state index contributed by atoms with van der Waals surface area (Å²) in [6, 6.07) is 3.52. The summed E-state index contributed by atoms with van der Waals surface area (Å²) in [5.41, 5.74) is 0. The molecule has 1 heterocycles. The van der Waals surface area contributed by atoms with E-state index in [1.807, 2.05) is 0 Å². The maximum absolute atomic E-state index is 13.0. The van der Waals surface area contributed by atoms with Crippen LogP contribution in [-0.4, -0.2) is 72.7 Å². The van der Waals surface area contributed by atoms with Gasteiger partial charge in [-0.15, -0.1) is 0 Å². The maximum Gasteiger partial charge on any atom is 0.326 e. The smallest absolute Gasteiger partial charge is 0.326 e. The Hall–Kier alpha value is -2.53. The van der Waals surface area contributed by atoms with E-state index in [0.717, 1.165) is 12.1 Å². The van der Waals surface area contributed by atoms with Crippen LogP contribution in [0.25, 0.3) is 0 Å². The third-order valence-corrected chi connectivity index (χ3v) is 6.77. The fourth-order valence-corrected chi connectivity index (χ4v) is 4.49. The number of carbonyl (C=O) groups excluding carboxylic acids is 2. The van der Waals surface area contributed by atoms with Crippen molar-refractivity contribution in [3.63, 3.8) is 0 Å². The zero-order chi connectivity index (χ0) is 22.5. The van der Waals surface area contributed by atoms with Crippen molar-refractivity contribution in [1.82, 2.24) is 14.5 Å². The second kappa shape index (κ2) is 9.98. The highest BCUT2D eigenvalue weighted by Crippen LogP contribution is 2.18.